The molecule has 2 aromatic carbocycles. The molecule has 0 aromatic heterocycles. The van der Waals surface area contributed by atoms with Gasteiger partial charge in [-0.3, -0.25) is 14.9 Å². The number of nitro groups is 1. The van der Waals surface area contributed by atoms with E-state index in [-0.39, 0.29) is 22.7 Å². The fourth-order valence-electron chi connectivity index (χ4n) is 3.42. The second-order valence-corrected chi connectivity index (χ2v) is 7.21. The summed E-state index contributed by atoms with van der Waals surface area (Å²) in [5.41, 5.74) is 1.21. The van der Waals surface area contributed by atoms with E-state index in [2.05, 4.69) is 5.32 Å². The Labute approximate surface area is 168 Å². The van der Waals surface area contributed by atoms with Gasteiger partial charge in [-0.05, 0) is 56.5 Å². The van der Waals surface area contributed by atoms with E-state index in [9.17, 15) is 14.9 Å². The largest absolute Gasteiger partial charge is 0.497 e. The molecule has 1 N–H and O–H groups in total. The van der Waals surface area contributed by atoms with Crippen LogP contribution in [-0.2, 0) is 0 Å². The molecule has 0 saturated carbocycles. The number of anilines is 2. The second-order valence-electron chi connectivity index (χ2n) is 6.80. The number of ether oxygens (including phenoxy) is 1. The summed E-state index contributed by atoms with van der Waals surface area (Å²) in [7, 11) is 1.55. The Hall–Kier alpha value is -2.80. The van der Waals surface area contributed by atoms with Gasteiger partial charge >= 0.3 is 0 Å². The van der Waals surface area contributed by atoms with Crippen LogP contribution >= 0.6 is 11.6 Å². The number of carbonyl (C=O) groups is 1. The summed E-state index contributed by atoms with van der Waals surface area (Å²) in [5, 5.41) is 14.5. The van der Waals surface area contributed by atoms with Gasteiger partial charge in [-0.25, -0.2) is 0 Å². The molecule has 0 bridgehead atoms. The predicted octanol–water partition coefficient (Wildman–Crippen LogP) is 4.89. The topological polar surface area (TPSA) is 84.7 Å². The summed E-state index contributed by atoms with van der Waals surface area (Å²) in [6.07, 6.45) is 3.03. The Morgan fingerprint density at radius 2 is 2.00 bits per heavy atom. The van der Waals surface area contributed by atoms with Gasteiger partial charge in [-0.15, -0.1) is 0 Å². The molecular formula is C20H22ClN3O4. The van der Waals surface area contributed by atoms with Crippen molar-refractivity contribution >= 4 is 34.6 Å². The minimum Gasteiger partial charge on any atom is -0.497 e. The number of halogens is 1. The molecule has 1 fully saturated rings. The summed E-state index contributed by atoms with van der Waals surface area (Å²) < 4.78 is 5.09. The summed E-state index contributed by atoms with van der Waals surface area (Å²) in [4.78, 5) is 25.7. The number of nitrogens with zero attached hydrogens (tertiary/aromatic N) is 2. The van der Waals surface area contributed by atoms with Crippen LogP contribution in [-0.4, -0.2) is 30.5 Å². The smallest absolute Gasteiger partial charge is 0.294 e. The SMILES string of the molecule is COc1ccc(C(=O)Nc2cc(N3CCCCC3C)c([N+](=O)[O-])cc2Cl)cc1. The number of carbonyl (C=O) groups excluding carboxylic acids is 1. The van der Waals surface area contributed by atoms with E-state index in [1.165, 1.54) is 6.07 Å². The molecule has 1 heterocycles. The van der Waals surface area contributed by atoms with Crippen LogP contribution in [0.5, 0.6) is 5.75 Å². The van der Waals surface area contributed by atoms with Crippen LogP contribution < -0.4 is 15.0 Å². The molecule has 3 rings (SSSR count). The minimum atomic E-state index is -0.433. The van der Waals surface area contributed by atoms with Gasteiger partial charge in [-0.2, -0.15) is 0 Å². The van der Waals surface area contributed by atoms with Gasteiger partial charge in [0.05, 0.1) is 22.7 Å². The van der Waals surface area contributed by atoms with Gasteiger partial charge in [0.15, 0.2) is 0 Å². The standard InChI is InChI=1S/C20H22ClN3O4/c1-13-5-3-4-10-23(13)18-12-17(16(21)11-19(18)24(26)27)22-20(25)14-6-8-15(28-2)9-7-14/h6-9,11-13H,3-5,10H2,1-2H3,(H,22,25). The fraction of sp³-hybridized carbons (Fsp3) is 0.350. The van der Waals surface area contributed by atoms with Gasteiger partial charge in [0.1, 0.15) is 11.4 Å². The lowest BCUT2D eigenvalue weighted by Gasteiger charge is -2.35. The quantitative estimate of drug-likeness (QED) is 0.567. The van der Waals surface area contributed by atoms with Crippen LogP contribution in [0.25, 0.3) is 0 Å². The maximum Gasteiger partial charge on any atom is 0.294 e. The average Bonchev–Trinajstić information content (AvgIpc) is 2.69. The Morgan fingerprint density at radius 3 is 2.61 bits per heavy atom. The zero-order valence-electron chi connectivity index (χ0n) is 15.8. The van der Waals surface area contributed by atoms with Crippen LogP contribution in [0.4, 0.5) is 17.1 Å². The molecule has 0 spiro atoms. The number of hydrogen-bond acceptors (Lipinski definition) is 5. The van der Waals surface area contributed by atoms with Crippen molar-refractivity contribution in [3.63, 3.8) is 0 Å². The highest BCUT2D eigenvalue weighted by Gasteiger charge is 2.27. The lowest BCUT2D eigenvalue weighted by atomic mass is 10.0. The molecule has 1 saturated heterocycles. The molecule has 0 radical (unpaired) electrons. The summed E-state index contributed by atoms with van der Waals surface area (Å²) in [5.74, 6) is 0.294. The first-order valence-corrected chi connectivity index (χ1v) is 9.48. The van der Waals surface area contributed by atoms with Crippen molar-refractivity contribution in [1.82, 2.24) is 0 Å². The van der Waals surface area contributed by atoms with E-state index in [4.69, 9.17) is 16.3 Å². The van der Waals surface area contributed by atoms with Gasteiger partial charge in [0, 0.05) is 24.2 Å². The number of piperidine rings is 1. The van der Waals surface area contributed by atoms with Crippen LogP contribution in [0.1, 0.15) is 36.5 Å². The minimum absolute atomic E-state index is 0.0544. The summed E-state index contributed by atoms with van der Waals surface area (Å²) in [6, 6.07) is 9.74. The zero-order chi connectivity index (χ0) is 20.3. The number of rotatable bonds is 5. The van der Waals surface area contributed by atoms with E-state index >= 15 is 0 Å². The molecule has 1 aliphatic heterocycles. The molecule has 7 nitrogen and oxygen atoms in total. The van der Waals surface area contributed by atoms with Crippen molar-refractivity contribution in [2.24, 2.45) is 0 Å². The average molecular weight is 404 g/mol. The van der Waals surface area contributed by atoms with E-state index in [1.807, 2.05) is 11.8 Å². The number of amides is 1. The van der Waals surface area contributed by atoms with Crippen molar-refractivity contribution in [3.05, 3.63) is 57.1 Å². The molecule has 2 aromatic rings. The third-order valence-electron chi connectivity index (χ3n) is 4.97. The number of methoxy groups -OCH3 is 1. The van der Waals surface area contributed by atoms with Gasteiger partial charge in [-0.1, -0.05) is 11.6 Å². The normalized spacial score (nSPS) is 16.5. The Bertz CT molecular complexity index is 886. The van der Waals surface area contributed by atoms with Gasteiger partial charge in [0.25, 0.3) is 11.6 Å². The maximum atomic E-state index is 12.6. The lowest BCUT2D eigenvalue weighted by Crippen LogP contribution is -2.37. The third kappa shape index (κ3) is 4.20. The van der Waals surface area contributed by atoms with Crippen LogP contribution in [0, 0.1) is 10.1 Å². The van der Waals surface area contributed by atoms with Crippen molar-refractivity contribution in [3.8, 4) is 5.75 Å². The third-order valence-corrected chi connectivity index (χ3v) is 5.29. The van der Waals surface area contributed by atoms with Crippen molar-refractivity contribution in [1.29, 1.82) is 0 Å². The van der Waals surface area contributed by atoms with Crippen LogP contribution in [0.15, 0.2) is 36.4 Å². The number of benzene rings is 2. The van der Waals surface area contributed by atoms with E-state index in [1.54, 1.807) is 37.4 Å². The molecule has 28 heavy (non-hydrogen) atoms. The van der Waals surface area contributed by atoms with Gasteiger partial charge < -0.3 is 15.0 Å². The first-order chi connectivity index (χ1) is 13.4. The number of nitro benzene ring substituents is 1. The van der Waals surface area contributed by atoms with E-state index in [0.717, 1.165) is 25.8 Å². The lowest BCUT2D eigenvalue weighted by molar-refractivity contribution is -0.384. The number of nitrogens with one attached hydrogen (secondary N) is 1. The van der Waals surface area contributed by atoms with Crippen molar-refractivity contribution < 1.29 is 14.5 Å². The van der Waals surface area contributed by atoms with Crippen LogP contribution in [0.3, 0.4) is 0 Å². The molecular weight excluding hydrogens is 382 g/mol. The predicted molar refractivity (Wildman–Crippen MR) is 110 cm³/mol. The Balaban J connectivity index is 1.93. The van der Waals surface area contributed by atoms with E-state index in [0.29, 0.717) is 22.7 Å². The molecule has 148 valence electrons. The van der Waals surface area contributed by atoms with Crippen LogP contribution in [0.2, 0.25) is 5.02 Å². The second kappa shape index (κ2) is 8.48. The highest BCUT2D eigenvalue weighted by atomic mass is 35.5. The first kappa shape index (κ1) is 19.9. The zero-order valence-corrected chi connectivity index (χ0v) is 16.5. The van der Waals surface area contributed by atoms with Gasteiger partial charge in [0.2, 0.25) is 0 Å². The van der Waals surface area contributed by atoms with Crippen molar-refractivity contribution in [2.75, 3.05) is 23.9 Å². The summed E-state index contributed by atoms with van der Waals surface area (Å²) in [6.45, 7) is 2.78. The monoisotopic (exact) mass is 403 g/mol. The molecule has 1 amide bonds. The molecule has 0 aliphatic carbocycles. The Kier molecular flexibility index (Phi) is 6.04. The summed E-state index contributed by atoms with van der Waals surface area (Å²) >= 11 is 6.24. The highest BCUT2D eigenvalue weighted by Crippen LogP contribution is 2.39. The Morgan fingerprint density at radius 1 is 1.29 bits per heavy atom. The molecule has 1 atom stereocenters. The molecule has 8 heteroatoms. The fourth-order valence-corrected chi connectivity index (χ4v) is 3.62. The molecule has 1 unspecified atom stereocenters. The maximum absolute atomic E-state index is 12.6. The number of hydrogen-bond donors (Lipinski definition) is 1. The van der Waals surface area contributed by atoms with Crippen molar-refractivity contribution in [2.45, 2.75) is 32.2 Å². The molecule has 1 aliphatic rings. The van der Waals surface area contributed by atoms with E-state index < -0.39 is 4.92 Å². The first-order valence-electron chi connectivity index (χ1n) is 9.10. The highest BCUT2D eigenvalue weighted by molar-refractivity contribution is 6.34.